The molecule has 148 valence electrons. The van der Waals surface area contributed by atoms with Crippen LogP contribution in [0.2, 0.25) is 0 Å². The first kappa shape index (κ1) is 20.9. The zero-order valence-electron chi connectivity index (χ0n) is 16.6. The van der Waals surface area contributed by atoms with Gasteiger partial charge in [-0.1, -0.05) is 56.7 Å². The first-order valence-electron chi connectivity index (χ1n) is 10.1. The van der Waals surface area contributed by atoms with E-state index in [0.717, 1.165) is 54.5 Å². The summed E-state index contributed by atoms with van der Waals surface area (Å²) in [6.45, 7) is 3.52. The number of ether oxygens (including phenoxy) is 2. The minimum atomic E-state index is 0.745. The van der Waals surface area contributed by atoms with E-state index in [1.807, 2.05) is 49.4 Å². The average Bonchev–Trinajstić information content (AvgIpc) is 2.66. The summed E-state index contributed by atoms with van der Waals surface area (Å²) in [5, 5.41) is 0. The molecule has 0 aliphatic rings. The predicted octanol–water partition coefficient (Wildman–Crippen LogP) is 5.74. The van der Waals surface area contributed by atoms with Gasteiger partial charge < -0.3 is 20.9 Å². The summed E-state index contributed by atoms with van der Waals surface area (Å²) in [6, 6.07) is 13.6. The fourth-order valence-electron chi connectivity index (χ4n) is 3.02. The Morgan fingerprint density at radius 2 is 1.30 bits per heavy atom. The Morgan fingerprint density at radius 1 is 0.704 bits per heavy atom. The SMILES string of the molecule is Cc1cccc(OCCCCCCCCCCOc2cccc(N)c2)c1N. The van der Waals surface area contributed by atoms with E-state index in [1.54, 1.807) is 0 Å². The van der Waals surface area contributed by atoms with Crippen LogP contribution in [0.3, 0.4) is 0 Å². The Balaban J connectivity index is 1.39. The molecule has 0 aromatic heterocycles. The normalized spacial score (nSPS) is 10.7. The highest BCUT2D eigenvalue weighted by Gasteiger charge is 2.02. The summed E-state index contributed by atoms with van der Waals surface area (Å²) in [7, 11) is 0. The molecule has 0 radical (unpaired) electrons. The molecule has 0 fully saturated rings. The Labute approximate surface area is 163 Å². The smallest absolute Gasteiger partial charge is 0.142 e. The van der Waals surface area contributed by atoms with Gasteiger partial charge in [-0.25, -0.2) is 0 Å². The van der Waals surface area contributed by atoms with Crippen molar-refractivity contribution in [1.29, 1.82) is 0 Å². The van der Waals surface area contributed by atoms with Gasteiger partial charge in [-0.05, 0) is 43.5 Å². The van der Waals surface area contributed by atoms with Crippen LogP contribution in [0, 0.1) is 6.92 Å². The Morgan fingerprint density at radius 3 is 1.96 bits per heavy atom. The minimum Gasteiger partial charge on any atom is -0.494 e. The second kappa shape index (κ2) is 12.1. The number of hydrogen-bond acceptors (Lipinski definition) is 4. The highest BCUT2D eigenvalue weighted by atomic mass is 16.5. The third-order valence-corrected chi connectivity index (χ3v) is 4.71. The van der Waals surface area contributed by atoms with Crippen LogP contribution >= 0.6 is 0 Å². The molecule has 4 nitrogen and oxygen atoms in total. The first-order valence-corrected chi connectivity index (χ1v) is 10.1. The molecule has 0 amide bonds. The highest BCUT2D eigenvalue weighted by molar-refractivity contribution is 5.57. The molecule has 0 aliphatic heterocycles. The summed E-state index contributed by atoms with van der Waals surface area (Å²) >= 11 is 0. The minimum absolute atomic E-state index is 0.745. The third kappa shape index (κ3) is 8.25. The van der Waals surface area contributed by atoms with Gasteiger partial charge in [0.1, 0.15) is 11.5 Å². The van der Waals surface area contributed by atoms with E-state index in [4.69, 9.17) is 20.9 Å². The molecule has 0 heterocycles. The number of nitrogens with two attached hydrogens (primary N) is 2. The topological polar surface area (TPSA) is 70.5 Å². The van der Waals surface area contributed by atoms with Crippen molar-refractivity contribution < 1.29 is 9.47 Å². The lowest BCUT2D eigenvalue weighted by atomic mass is 10.1. The van der Waals surface area contributed by atoms with Crippen molar-refractivity contribution in [3.63, 3.8) is 0 Å². The van der Waals surface area contributed by atoms with E-state index in [9.17, 15) is 0 Å². The van der Waals surface area contributed by atoms with Crippen molar-refractivity contribution >= 4 is 11.4 Å². The number of para-hydroxylation sites is 1. The fraction of sp³-hybridized carbons (Fsp3) is 0.478. The lowest BCUT2D eigenvalue weighted by Gasteiger charge is -2.10. The number of anilines is 2. The van der Waals surface area contributed by atoms with Gasteiger partial charge in [-0.2, -0.15) is 0 Å². The quantitative estimate of drug-likeness (QED) is 0.348. The van der Waals surface area contributed by atoms with Gasteiger partial charge in [0.2, 0.25) is 0 Å². The Kier molecular flexibility index (Phi) is 9.39. The number of aryl methyl sites for hydroxylation is 1. The van der Waals surface area contributed by atoms with Crippen LogP contribution in [0.15, 0.2) is 42.5 Å². The maximum Gasteiger partial charge on any atom is 0.142 e. The van der Waals surface area contributed by atoms with Gasteiger partial charge in [-0.15, -0.1) is 0 Å². The molecule has 0 saturated heterocycles. The van der Waals surface area contributed by atoms with Gasteiger partial charge in [0.05, 0.1) is 18.9 Å². The number of hydrogen-bond donors (Lipinski definition) is 2. The molecule has 4 heteroatoms. The standard InChI is InChI=1S/C23H34N2O2/c1-19-12-10-15-22(23(19)25)27-17-9-7-5-3-2-4-6-8-16-26-21-14-11-13-20(24)18-21/h10-15,18H,2-9,16-17,24-25H2,1H3. The second-order valence-corrected chi connectivity index (χ2v) is 7.08. The second-order valence-electron chi connectivity index (χ2n) is 7.08. The molecule has 27 heavy (non-hydrogen) atoms. The van der Waals surface area contributed by atoms with Gasteiger partial charge in [0.15, 0.2) is 0 Å². The van der Waals surface area contributed by atoms with Crippen LogP contribution in [0.25, 0.3) is 0 Å². The Bertz CT molecular complexity index is 673. The van der Waals surface area contributed by atoms with E-state index >= 15 is 0 Å². The molecule has 2 aromatic rings. The summed E-state index contributed by atoms with van der Waals surface area (Å²) < 4.78 is 11.5. The van der Waals surface area contributed by atoms with Crippen LogP contribution in [0.5, 0.6) is 11.5 Å². The molecular weight excluding hydrogens is 336 g/mol. The van der Waals surface area contributed by atoms with Crippen molar-refractivity contribution in [3.8, 4) is 11.5 Å². The largest absolute Gasteiger partial charge is 0.494 e. The van der Waals surface area contributed by atoms with Crippen LogP contribution in [0.1, 0.15) is 56.9 Å². The molecule has 0 bridgehead atoms. The molecule has 0 aliphatic carbocycles. The Hall–Kier alpha value is -2.36. The molecule has 0 spiro atoms. The molecule has 2 aromatic carbocycles. The molecule has 0 unspecified atom stereocenters. The van der Waals surface area contributed by atoms with Crippen LogP contribution in [-0.4, -0.2) is 13.2 Å². The molecule has 0 saturated carbocycles. The predicted molar refractivity (Wildman–Crippen MR) is 114 cm³/mol. The van der Waals surface area contributed by atoms with Crippen LogP contribution in [-0.2, 0) is 0 Å². The highest BCUT2D eigenvalue weighted by Crippen LogP contribution is 2.24. The summed E-state index contributed by atoms with van der Waals surface area (Å²) in [4.78, 5) is 0. The van der Waals surface area contributed by atoms with E-state index in [0.29, 0.717) is 0 Å². The van der Waals surface area contributed by atoms with Crippen molar-refractivity contribution in [2.75, 3.05) is 24.7 Å². The number of nitrogen functional groups attached to an aromatic ring is 2. The monoisotopic (exact) mass is 370 g/mol. The fourth-order valence-corrected chi connectivity index (χ4v) is 3.02. The van der Waals surface area contributed by atoms with Crippen molar-refractivity contribution in [2.45, 2.75) is 58.3 Å². The molecule has 0 atom stereocenters. The zero-order valence-corrected chi connectivity index (χ0v) is 16.6. The van der Waals surface area contributed by atoms with Crippen molar-refractivity contribution in [3.05, 3.63) is 48.0 Å². The van der Waals surface area contributed by atoms with Gasteiger partial charge in [-0.3, -0.25) is 0 Å². The zero-order chi connectivity index (χ0) is 19.3. The van der Waals surface area contributed by atoms with Crippen LogP contribution in [0.4, 0.5) is 11.4 Å². The number of unbranched alkanes of at least 4 members (excludes halogenated alkanes) is 7. The average molecular weight is 371 g/mol. The third-order valence-electron chi connectivity index (χ3n) is 4.71. The summed E-state index contributed by atoms with van der Waals surface area (Å²) in [5.41, 5.74) is 14.3. The number of rotatable bonds is 13. The molecule has 4 N–H and O–H groups in total. The van der Waals surface area contributed by atoms with E-state index in [2.05, 4.69) is 0 Å². The lowest BCUT2D eigenvalue weighted by molar-refractivity contribution is 0.302. The number of benzene rings is 2. The van der Waals surface area contributed by atoms with E-state index < -0.39 is 0 Å². The van der Waals surface area contributed by atoms with Gasteiger partial charge >= 0.3 is 0 Å². The van der Waals surface area contributed by atoms with Gasteiger partial charge in [0.25, 0.3) is 0 Å². The summed E-state index contributed by atoms with van der Waals surface area (Å²) in [5.74, 6) is 1.68. The first-order chi connectivity index (χ1) is 13.2. The summed E-state index contributed by atoms with van der Waals surface area (Å²) in [6.07, 6.45) is 9.75. The van der Waals surface area contributed by atoms with E-state index in [1.165, 1.54) is 38.5 Å². The van der Waals surface area contributed by atoms with E-state index in [-0.39, 0.29) is 0 Å². The van der Waals surface area contributed by atoms with Gasteiger partial charge in [0, 0.05) is 11.8 Å². The van der Waals surface area contributed by atoms with Crippen molar-refractivity contribution in [2.24, 2.45) is 0 Å². The maximum atomic E-state index is 6.01. The lowest BCUT2D eigenvalue weighted by Crippen LogP contribution is -2.01. The molecule has 2 rings (SSSR count). The van der Waals surface area contributed by atoms with Crippen LogP contribution < -0.4 is 20.9 Å². The maximum absolute atomic E-state index is 6.01. The molecular formula is C23H34N2O2. The van der Waals surface area contributed by atoms with Crippen molar-refractivity contribution in [1.82, 2.24) is 0 Å².